The molecule has 1 aliphatic carbocycles. The molecule has 0 saturated heterocycles. The minimum absolute atomic E-state index is 0.0491. The van der Waals surface area contributed by atoms with Crippen LogP contribution in [-0.4, -0.2) is 48.2 Å². The molecule has 2 N–H and O–H groups in total. The van der Waals surface area contributed by atoms with Crippen LogP contribution in [0.4, 0.5) is 10.5 Å². The van der Waals surface area contributed by atoms with Crippen molar-refractivity contribution in [1.29, 1.82) is 0 Å². The maximum Gasteiger partial charge on any atom is 0.411 e. The number of carbonyl (C=O) groups is 3. The number of rotatable bonds is 7. The predicted octanol–water partition coefficient (Wildman–Crippen LogP) is 4.84. The fraction of sp³-hybridized carbons (Fsp3) is 0.222. The maximum atomic E-state index is 12.9. The van der Waals surface area contributed by atoms with Crippen LogP contribution in [0, 0.1) is 5.92 Å². The number of benzene rings is 3. The summed E-state index contributed by atoms with van der Waals surface area (Å²) in [5.41, 5.74) is 5.07. The van der Waals surface area contributed by atoms with Gasteiger partial charge in [-0.25, -0.2) is 4.79 Å². The van der Waals surface area contributed by atoms with E-state index >= 15 is 0 Å². The van der Waals surface area contributed by atoms with Gasteiger partial charge < -0.3 is 14.7 Å². The van der Waals surface area contributed by atoms with Gasteiger partial charge in [0.1, 0.15) is 6.61 Å². The molecule has 0 bridgehead atoms. The first-order valence-electron chi connectivity index (χ1n) is 11.1. The van der Waals surface area contributed by atoms with E-state index in [-0.39, 0.29) is 30.5 Å². The number of hydrogen-bond acceptors (Lipinski definition) is 4. The highest BCUT2D eigenvalue weighted by atomic mass is 16.5. The lowest BCUT2D eigenvalue weighted by atomic mass is 9.98. The zero-order valence-corrected chi connectivity index (χ0v) is 19.0. The molecule has 7 heteroatoms. The van der Waals surface area contributed by atoms with Gasteiger partial charge in [0.15, 0.2) is 0 Å². The molecule has 3 aromatic carbocycles. The summed E-state index contributed by atoms with van der Waals surface area (Å²) in [6, 6.07) is 22.7. The van der Waals surface area contributed by atoms with Gasteiger partial charge in [-0.15, -0.1) is 0 Å². The Kier molecular flexibility index (Phi) is 6.63. The number of hydrogen-bond donors (Lipinski definition) is 2. The van der Waals surface area contributed by atoms with Crippen LogP contribution in [0.3, 0.4) is 0 Å². The number of nitrogens with zero attached hydrogens (tertiary/aromatic N) is 1. The molecule has 0 saturated carbocycles. The molecule has 0 heterocycles. The van der Waals surface area contributed by atoms with Gasteiger partial charge >= 0.3 is 12.1 Å². The van der Waals surface area contributed by atoms with E-state index in [1.807, 2.05) is 36.4 Å². The number of para-hydroxylation sites is 1. The van der Waals surface area contributed by atoms with E-state index in [0.717, 1.165) is 22.3 Å². The van der Waals surface area contributed by atoms with Gasteiger partial charge in [0.25, 0.3) is 5.91 Å². The molecule has 0 spiro atoms. The summed E-state index contributed by atoms with van der Waals surface area (Å²) in [7, 11) is 1.53. The predicted molar refractivity (Wildman–Crippen MR) is 129 cm³/mol. The number of anilines is 1. The second-order valence-corrected chi connectivity index (χ2v) is 8.42. The zero-order chi connectivity index (χ0) is 24.2. The molecule has 0 aromatic heterocycles. The van der Waals surface area contributed by atoms with E-state index in [0.29, 0.717) is 5.69 Å². The molecule has 34 heavy (non-hydrogen) atoms. The van der Waals surface area contributed by atoms with E-state index < -0.39 is 18.0 Å². The first-order valence-corrected chi connectivity index (χ1v) is 11.1. The Balaban J connectivity index is 1.45. The second-order valence-electron chi connectivity index (χ2n) is 8.42. The highest BCUT2D eigenvalue weighted by molar-refractivity contribution is 6.02. The summed E-state index contributed by atoms with van der Waals surface area (Å²) in [5.74, 6) is -2.15. The fourth-order valence-corrected chi connectivity index (χ4v) is 4.30. The Morgan fingerprint density at radius 2 is 1.50 bits per heavy atom. The molecular weight excluding hydrogens is 432 g/mol. The Labute approximate surface area is 198 Å². The van der Waals surface area contributed by atoms with Crippen molar-refractivity contribution in [1.82, 2.24) is 4.90 Å². The fourth-order valence-electron chi connectivity index (χ4n) is 4.30. The quantitative estimate of drug-likeness (QED) is 0.528. The molecule has 3 aromatic rings. The average Bonchev–Trinajstić information content (AvgIpc) is 3.16. The van der Waals surface area contributed by atoms with Gasteiger partial charge in [-0.05, 0) is 34.4 Å². The summed E-state index contributed by atoms with van der Waals surface area (Å²) in [4.78, 5) is 38.0. The Morgan fingerprint density at radius 1 is 0.941 bits per heavy atom. The topological polar surface area (TPSA) is 95.9 Å². The van der Waals surface area contributed by atoms with Crippen LogP contribution in [-0.2, 0) is 9.53 Å². The molecule has 1 atom stereocenters. The number of nitrogens with one attached hydrogen (secondary N) is 1. The Hall–Kier alpha value is -4.13. The van der Waals surface area contributed by atoms with Crippen LogP contribution in [0.1, 0.15) is 34.3 Å². The summed E-state index contributed by atoms with van der Waals surface area (Å²) in [6.07, 6.45) is -0.663. The van der Waals surface area contributed by atoms with Crippen LogP contribution in [0.15, 0.2) is 72.8 Å². The average molecular weight is 459 g/mol. The Morgan fingerprint density at radius 3 is 2.12 bits per heavy atom. The summed E-state index contributed by atoms with van der Waals surface area (Å²) < 4.78 is 5.58. The normalized spacial score (nSPS) is 12.9. The lowest BCUT2D eigenvalue weighted by molar-refractivity contribution is -0.141. The highest BCUT2D eigenvalue weighted by Crippen LogP contribution is 2.44. The number of fused-ring (bicyclic) bond motifs is 3. The standard InChI is InChI=1S/C27H26N2O5/c1-17(26(31)32)15-29(2)25(30)22-13-7-8-14-24(22)28-27(33)34-16-23-20-11-5-3-9-18(20)19-10-4-6-12-21(19)23/h3-14,17,23H,15-16H2,1-2H3,(H,28,33)(H,31,32). The van der Waals surface area contributed by atoms with Crippen molar-refractivity contribution >= 4 is 23.7 Å². The second kappa shape index (κ2) is 9.79. The third-order valence-electron chi connectivity index (χ3n) is 6.05. The molecule has 0 fully saturated rings. The number of carboxylic acid groups (broad SMARTS) is 1. The zero-order valence-electron chi connectivity index (χ0n) is 19.0. The van der Waals surface area contributed by atoms with Crippen molar-refractivity contribution < 1.29 is 24.2 Å². The molecule has 7 nitrogen and oxygen atoms in total. The minimum Gasteiger partial charge on any atom is -0.481 e. The summed E-state index contributed by atoms with van der Waals surface area (Å²) in [6.45, 7) is 1.74. The van der Waals surface area contributed by atoms with Crippen LogP contribution in [0.2, 0.25) is 0 Å². The summed E-state index contributed by atoms with van der Waals surface area (Å²) >= 11 is 0. The van der Waals surface area contributed by atoms with Crippen LogP contribution < -0.4 is 5.32 Å². The van der Waals surface area contributed by atoms with E-state index in [2.05, 4.69) is 17.4 Å². The molecular formula is C27H26N2O5. The van der Waals surface area contributed by atoms with E-state index in [4.69, 9.17) is 9.84 Å². The molecule has 2 amide bonds. The van der Waals surface area contributed by atoms with Gasteiger partial charge in [-0.1, -0.05) is 67.6 Å². The number of carboxylic acids is 1. The molecule has 4 rings (SSSR count). The van der Waals surface area contributed by atoms with E-state index in [1.54, 1.807) is 24.3 Å². The summed E-state index contributed by atoms with van der Waals surface area (Å²) in [5, 5.41) is 11.8. The monoisotopic (exact) mass is 458 g/mol. The van der Waals surface area contributed by atoms with Crippen LogP contribution in [0.5, 0.6) is 0 Å². The third-order valence-corrected chi connectivity index (χ3v) is 6.05. The van der Waals surface area contributed by atoms with Gasteiger partial charge in [0.2, 0.25) is 0 Å². The van der Waals surface area contributed by atoms with Crippen molar-refractivity contribution in [2.45, 2.75) is 12.8 Å². The van der Waals surface area contributed by atoms with Gasteiger partial charge in [-0.2, -0.15) is 0 Å². The smallest absolute Gasteiger partial charge is 0.411 e. The minimum atomic E-state index is -0.982. The van der Waals surface area contributed by atoms with Gasteiger partial charge in [0, 0.05) is 19.5 Å². The number of aliphatic carboxylic acids is 1. The lowest BCUT2D eigenvalue weighted by Gasteiger charge is -2.21. The van der Waals surface area contributed by atoms with Crippen molar-refractivity contribution in [2.75, 3.05) is 25.5 Å². The molecule has 1 aliphatic rings. The van der Waals surface area contributed by atoms with E-state index in [9.17, 15) is 14.4 Å². The molecule has 1 unspecified atom stereocenters. The lowest BCUT2D eigenvalue weighted by Crippen LogP contribution is -2.34. The van der Waals surface area contributed by atoms with Crippen molar-refractivity contribution in [3.05, 3.63) is 89.5 Å². The maximum absolute atomic E-state index is 12.9. The molecule has 174 valence electrons. The first kappa shape index (κ1) is 23.0. The van der Waals surface area contributed by atoms with Crippen LogP contribution >= 0.6 is 0 Å². The first-order chi connectivity index (χ1) is 16.4. The number of carbonyl (C=O) groups excluding carboxylic acids is 2. The number of ether oxygens (including phenoxy) is 1. The van der Waals surface area contributed by atoms with Gasteiger partial charge in [0.05, 0.1) is 17.2 Å². The van der Waals surface area contributed by atoms with Crippen molar-refractivity contribution in [3.63, 3.8) is 0 Å². The van der Waals surface area contributed by atoms with E-state index in [1.165, 1.54) is 18.9 Å². The molecule has 0 radical (unpaired) electrons. The van der Waals surface area contributed by atoms with Gasteiger partial charge in [-0.3, -0.25) is 14.9 Å². The number of amides is 2. The van der Waals surface area contributed by atoms with Crippen molar-refractivity contribution in [2.24, 2.45) is 5.92 Å². The Bertz CT molecular complexity index is 1190. The van der Waals surface area contributed by atoms with Crippen LogP contribution in [0.25, 0.3) is 11.1 Å². The largest absolute Gasteiger partial charge is 0.481 e. The van der Waals surface area contributed by atoms with Crippen molar-refractivity contribution in [3.8, 4) is 11.1 Å². The highest BCUT2D eigenvalue weighted by Gasteiger charge is 2.29. The molecule has 0 aliphatic heterocycles. The third kappa shape index (κ3) is 4.64. The SMILES string of the molecule is CC(CN(C)C(=O)c1ccccc1NC(=O)OCC1c2ccccc2-c2ccccc21)C(=O)O.